The van der Waals surface area contributed by atoms with Gasteiger partial charge in [0.05, 0.1) is 17.1 Å². The Morgan fingerprint density at radius 1 is 1.19 bits per heavy atom. The highest BCUT2D eigenvalue weighted by atomic mass is 16.6. The Morgan fingerprint density at radius 2 is 1.89 bits per heavy atom. The van der Waals surface area contributed by atoms with Gasteiger partial charge in [0, 0.05) is 40.5 Å². The highest BCUT2D eigenvalue weighted by molar-refractivity contribution is 6.09. The minimum absolute atomic E-state index is 0.0497. The van der Waals surface area contributed by atoms with Gasteiger partial charge in [-0.2, -0.15) is 0 Å². The van der Waals surface area contributed by atoms with Gasteiger partial charge in [0.15, 0.2) is 0 Å². The molecule has 2 aromatic carbocycles. The number of aliphatic hydroxyl groups excluding tert-OH is 1. The number of hydrogen-bond donors (Lipinski definition) is 2. The molecule has 0 radical (unpaired) electrons. The van der Waals surface area contributed by atoms with E-state index < -0.39 is 6.10 Å². The molecule has 2 atom stereocenters. The smallest absolute Gasteiger partial charge is 0.270 e. The molecule has 4 rings (SSSR count). The van der Waals surface area contributed by atoms with Crippen LogP contribution in [0.1, 0.15) is 44.2 Å². The van der Waals surface area contributed by atoms with E-state index >= 15 is 0 Å². The first-order valence-corrected chi connectivity index (χ1v) is 9.58. The van der Waals surface area contributed by atoms with Crippen LogP contribution in [0.25, 0.3) is 21.8 Å². The van der Waals surface area contributed by atoms with Crippen LogP contribution in [0.3, 0.4) is 0 Å². The van der Waals surface area contributed by atoms with Crippen LogP contribution in [-0.2, 0) is 0 Å². The van der Waals surface area contributed by atoms with E-state index in [2.05, 4.69) is 41.9 Å². The molecular formula is C21H25N3O3. The standard InChI is InChI=1S/C21H25N3O3/c1-13(2)14-5-7-18-16(10-14)17-11-15(24(26)27)6-8-19(17)23(18)20-4-3-9-22-12-21(20)25/h5-8,10-11,13,20-22,25H,3-4,9,12H2,1-2H3/t20?,21-/m1/s1. The molecule has 1 fully saturated rings. The molecule has 0 aliphatic carbocycles. The van der Waals surface area contributed by atoms with Crippen molar-refractivity contribution >= 4 is 27.5 Å². The fourth-order valence-electron chi connectivity index (χ4n) is 4.20. The van der Waals surface area contributed by atoms with E-state index in [1.807, 2.05) is 6.07 Å². The molecule has 3 aromatic rings. The summed E-state index contributed by atoms with van der Waals surface area (Å²) in [5.74, 6) is 0.374. The van der Waals surface area contributed by atoms with Gasteiger partial charge in [0.2, 0.25) is 0 Å². The van der Waals surface area contributed by atoms with Crippen molar-refractivity contribution in [2.75, 3.05) is 13.1 Å². The maximum Gasteiger partial charge on any atom is 0.270 e. The topological polar surface area (TPSA) is 80.3 Å². The molecule has 142 valence electrons. The van der Waals surface area contributed by atoms with Gasteiger partial charge >= 0.3 is 0 Å². The van der Waals surface area contributed by atoms with Crippen molar-refractivity contribution in [3.05, 3.63) is 52.1 Å². The van der Waals surface area contributed by atoms with Crippen LogP contribution in [0.2, 0.25) is 0 Å². The molecule has 1 aliphatic heterocycles. The summed E-state index contributed by atoms with van der Waals surface area (Å²) in [6.07, 6.45) is 1.36. The van der Waals surface area contributed by atoms with Crippen molar-refractivity contribution in [1.29, 1.82) is 0 Å². The molecule has 1 aliphatic rings. The van der Waals surface area contributed by atoms with E-state index in [1.165, 1.54) is 5.56 Å². The number of aromatic nitrogens is 1. The number of benzene rings is 2. The summed E-state index contributed by atoms with van der Waals surface area (Å²) in [5, 5.41) is 27.2. The molecule has 6 heteroatoms. The number of nitro groups is 1. The SMILES string of the molecule is CC(C)c1ccc2c(c1)c1cc([N+](=O)[O-])ccc1n2C1CCCNC[C@H]1O. The van der Waals surface area contributed by atoms with Gasteiger partial charge in [0.25, 0.3) is 5.69 Å². The van der Waals surface area contributed by atoms with Crippen LogP contribution < -0.4 is 5.32 Å². The second-order valence-corrected chi connectivity index (χ2v) is 7.74. The van der Waals surface area contributed by atoms with Gasteiger partial charge < -0.3 is 15.0 Å². The van der Waals surface area contributed by atoms with Crippen LogP contribution in [0.5, 0.6) is 0 Å². The summed E-state index contributed by atoms with van der Waals surface area (Å²) in [7, 11) is 0. The lowest BCUT2D eigenvalue weighted by atomic mass is 10.0. The van der Waals surface area contributed by atoms with Crippen LogP contribution in [-0.4, -0.2) is 33.8 Å². The largest absolute Gasteiger partial charge is 0.390 e. The molecule has 2 N–H and O–H groups in total. The zero-order chi connectivity index (χ0) is 19.1. The van der Waals surface area contributed by atoms with Crippen molar-refractivity contribution in [2.45, 2.75) is 44.8 Å². The monoisotopic (exact) mass is 367 g/mol. The summed E-state index contributed by atoms with van der Waals surface area (Å²) in [6, 6.07) is 11.4. The molecule has 6 nitrogen and oxygen atoms in total. The molecular weight excluding hydrogens is 342 g/mol. The van der Waals surface area contributed by atoms with Crippen LogP contribution in [0.15, 0.2) is 36.4 Å². The quantitative estimate of drug-likeness (QED) is 0.539. The zero-order valence-electron chi connectivity index (χ0n) is 15.7. The third-order valence-electron chi connectivity index (χ3n) is 5.67. The van der Waals surface area contributed by atoms with E-state index in [-0.39, 0.29) is 16.7 Å². The number of β-amino-alcohol motifs (C(OH)–C–C–N with tert-alkyl or cyclic N) is 1. The van der Waals surface area contributed by atoms with Gasteiger partial charge in [0.1, 0.15) is 0 Å². The molecule has 1 saturated heterocycles. The van der Waals surface area contributed by atoms with E-state index in [0.29, 0.717) is 12.5 Å². The van der Waals surface area contributed by atoms with Gasteiger partial charge in [-0.25, -0.2) is 0 Å². The molecule has 0 spiro atoms. The van der Waals surface area contributed by atoms with Crippen molar-refractivity contribution in [3.8, 4) is 0 Å². The second kappa shape index (κ2) is 6.94. The number of hydrogen-bond acceptors (Lipinski definition) is 4. The Hall–Kier alpha value is -2.44. The number of fused-ring (bicyclic) bond motifs is 3. The molecule has 0 bridgehead atoms. The van der Waals surface area contributed by atoms with Gasteiger partial charge in [-0.3, -0.25) is 10.1 Å². The molecule has 0 saturated carbocycles. The third kappa shape index (κ3) is 3.09. The fourth-order valence-corrected chi connectivity index (χ4v) is 4.20. The second-order valence-electron chi connectivity index (χ2n) is 7.74. The highest BCUT2D eigenvalue weighted by Gasteiger charge is 2.27. The summed E-state index contributed by atoms with van der Waals surface area (Å²) in [4.78, 5) is 11.0. The molecule has 0 amide bonds. The molecule has 2 heterocycles. The van der Waals surface area contributed by atoms with Crippen molar-refractivity contribution < 1.29 is 10.0 Å². The van der Waals surface area contributed by atoms with Gasteiger partial charge in [-0.1, -0.05) is 19.9 Å². The van der Waals surface area contributed by atoms with Crippen molar-refractivity contribution in [2.24, 2.45) is 0 Å². The summed E-state index contributed by atoms with van der Waals surface area (Å²) in [6.45, 7) is 5.74. The first-order valence-electron chi connectivity index (χ1n) is 9.58. The Kier molecular flexibility index (Phi) is 4.61. The third-order valence-corrected chi connectivity index (χ3v) is 5.67. The number of nitrogens with one attached hydrogen (secondary N) is 1. The summed E-state index contributed by atoms with van der Waals surface area (Å²) < 4.78 is 2.19. The van der Waals surface area contributed by atoms with E-state index in [0.717, 1.165) is 41.2 Å². The Labute approximate surface area is 157 Å². The average molecular weight is 367 g/mol. The highest BCUT2D eigenvalue weighted by Crippen LogP contribution is 2.38. The summed E-state index contributed by atoms with van der Waals surface area (Å²) in [5.41, 5.74) is 3.28. The minimum Gasteiger partial charge on any atom is -0.390 e. The average Bonchev–Trinajstić information content (AvgIpc) is 2.81. The van der Waals surface area contributed by atoms with E-state index in [1.54, 1.807) is 12.1 Å². The normalized spacial score (nSPS) is 21.0. The van der Waals surface area contributed by atoms with Crippen LogP contribution in [0, 0.1) is 10.1 Å². The lowest BCUT2D eigenvalue weighted by Gasteiger charge is -2.24. The first-order chi connectivity index (χ1) is 13.0. The minimum atomic E-state index is -0.494. The maximum atomic E-state index is 11.3. The number of non-ortho nitro benzene ring substituents is 1. The maximum absolute atomic E-state index is 11.3. The summed E-state index contributed by atoms with van der Waals surface area (Å²) >= 11 is 0. The molecule has 1 unspecified atom stereocenters. The van der Waals surface area contributed by atoms with Crippen molar-refractivity contribution in [1.82, 2.24) is 9.88 Å². The Bertz CT molecular complexity index is 1010. The Balaban J connectivity index is 2.02. The number of nitro benzene ring substituents is 1. The molecule has 1 aromatic heterocycles. The van der Waals surface area contributed by atoms with Crippen LogP contribution in [0.4, 0.5) is 5.69 Å². The first kappa shape index (κ1) is 17.9. The predicted octanol–water partition coefficient (Wildman–Crippen LogP) is 4.11. The lowest BCUT2D eigenvalue weighted by molar-refractivity contribution is -0.384. The predicted molar refractivity (Wildman–Crippen MR) is 107 cm³/mol. The number of rotatable bonds is 3. The Morgan fingerprint density at radius 3 is 2.59 bits per heavy atom. The lowest BCUT2D eigenvalue weighted by Crippen LogP contribution is -2.31. The van der Waals surface area contributed by atoms with E-state index in [9.17, 15) is 15.2 Å². The zero-order valence-corrected chi connectivity index (χ0v) is 15.7. The van der Waals surface area contributed by atoms with E-state index in [4.69, 9.17) is 0 Å². The molecule has 27 heavy (non-hydrogen) atoms. The van der Waals surface area contributed by atoms with Crippen molar-refractivity contribution in [3.63, 3.8) is 0 Å². The van der Waals surface area contributed by atoms with Gasteiger partial charge in [-0.05, 0) is 49.1 Å². The van der Waals surface area contributed by atoms with Gasteiger partial charge in [-0.15, -0.1) is 0 Å². The van der Waals surface area contributed by atoms with Crippen LogP contribution >= 0.6 is 0 Å². The number of aliphatic hydroxyl groups is 1. The fraction of sp³-hybridized carbons (Fsp3) is 0.429. The number of nitrogens with zero attached hydrogens (tertiary/aromatic N) is 2.